The normalized spacial score (nSPS) is 17.7. The van der Waals surface area contributed by atoms with Gasteiger partial charge in [0.25, 0.3) is 0 Å². The average Bonchev–Trinajstić information content (AvgIpc) is 2.87. The van der Waals surface area contributed by atoms with E-state index in [1.807, 2.05) is 32.0 Å². The van der Waals surface area contributed by atoms with Crippen molar-refractivity contribution in [2.75, 3.05) is 13.7 Å². The van der Waals surface area contributed by atoms with E-state index in [4.69, 9.17) is 15.2 Å². The largest absolute Gasteiger partial charge is 0.496 e. The number of nitrogens with two attached hydrogens (primary N) is 1. The standard InChI is InChI=1S/C16H25NO2/c1-12(2)19-14-8-6-7-13(18-3)15(14)16(11-17)9-4-5-10-16/h6-8,12H,4-5,9-11,17H2,1-3H3. The molecule has 1 fully saturated rings. The van der Waals surface area contributed by atoms with E-state index in [1.165, 1.54) is 18.4 Å². The molecular weight excluding hydrogens is 238 g/mol. The molecule has 0 amide bonds. The number of methoxy groups -OCH3 is 1. The van der Waals surface area contributed by atoms with Crippen molar-refractivity contribution in [2.45, 2.75) is 51.0 Å². The minimum absolute atomic E-state index is 0.0246. The zero-order valence-electron chi connectivity index (χ0n) is 12.2. The Hall–Kier alpha value is -1.22. The second-order valence-corrected chi connectivity index (χ2v) is 5.69. The Kier molecular flexibility index (Phi) is 4.35. The first-order valence-corrected chi connectivity index (χ1v) is 7.17. The van der Waals surface area contributed by atoms with Gasteiger partial charge in [0.2, 0.25) is 0 Å². The highest BCUT2D eigenvalue weighted by molar-refractivity contribution is 5.50. The molecule has 0 aromatic heterocycles. The van der Waals surface area contributed by atoms with E-state index in [-0.39, 0.29) is 11.5 Å². The number of ether oxygens (including phenoxy) is 2. The summed E-state index contributed by atoms with van der Waals surface area (Å²) in [5.41, 5.74) is 7.31. The molecule has 0 bridgehead atoms. The molecule has 3 heteroatoms. The third kappa shape index (κ3) is 2.71. The van der Waals surface area contributed by atoms with Gasteiger partial charge in [-0.15, -0.1) is 0 Å². The second-order valence-electron chi connectivity index (χ2n) is 5.69. The molecule has 0 radical (unpaired) electrons. The van der Waals surface area contributed by atoms with Crippen LogP contribution in [0, 0.1) is 0 Å². The molecule has 0 saturated heterocycles. The van der Waals surface area contributed by atoms with Crippen LogP contribution in [0.5, 0.6) is 11.5 Å². The molecule has 1 aliphatic carbocycles. The van der Waals surface area contributed by atoms with Crippen molar-refractivity contribution < 1.29 is 9.47 Å². The lowest BCUT2D eigenvalue weighted by atomic mass is 9.78. The highest BCUT2D eigenvalue weighted by Crippen LogP contribution is 2.48. The number of benzene rings is 1. The van der Waals surface area contributed by atoms with Crippen molar-refractivity contribution in [1.82, 2.24) is 0 Å². The zero-order valence-corrected chi connectivity index (χ0v) is 12.2. The van der Waals surface area contributed by atoms with Crippen LogP contribution in [0.1, 0.15) is 45.1 Å². The van der Waals surface area contributed by atoms with E-state index in [0.717, 1.165) is 24.3 Å². The van der Waals surface area contributed by atoms with Crippen molar-refractivity contribution >= 4 is 0 Å². The van der Waals surface area contributed by atoms with Gasteiger partial charge in [-0.05, 0) is 38.8 Å². The van der Waals surface area contributed by atoms with Gasteiger partial charge in [-0.3, -0.25) is 0 Å². The van der Waals surface area contributed by atoms with Gasteiger partial charge in [-0.2, -0.15) is 0 Å². The van der Waals surface area contributed by atoms with E-state index >= 15 is 0 Å². The zero-order chi connectivity index (χ0) is 13.9. The minimum atomic E-state index is 0.0246. The van der Waals surface area contributed by atoms with Crippen LogP contribution >= 0.6 is 0 Å². The molecule has 0 atom stereocenters. The first-order chi connectivity index (χ1) is 9.13. The molecule has 1 aromatic carbocycles. The molecule has 106 valence electrons. The molecule has 19 heavy (non-hydrogen) atoms. The fourth-order valence-electron chi connectivity index (χ4n) is 3.16. The first kappa shape index (κ1) is 14.2. The van der Waals surface area contributed by atoms with Crippen LogP contribution in [0.3, 0.4) is 0 Å². The Morgan fingerprint density at radius 2 is 1.84 bits per heavy atom. The van der Waals surface area contributed by atoms with E-state index in [2.05, 4.69) is 0 Å². The summed E-state index contributed by atoms with van der Waals surface area (Å²) in [6.07, 6.45) is 4.87. The topological polar surface area (TPSA) is 44.5 Å². The van der Waals surface area contributed by atoms with Crippen molar-refractivity contribution in [1.29, 1.82) is 0 Å². The maximum atomic E-state index is 6.11. The monoisotopic (exact) mass is 263 g/mol. The summed E-state index contributed by atoms with van der Waals surface area (Å²) in [7, 11) is 1.72. The van der Waals surface area contributed by atoms with Crippen molar-refractivity contribution in [2.24, 2.45) is 5.73 Å². The fraction of sp³-hybridized carbons (Fsp3) is 0.625. The lowest BCUT2D eigenvalue weighted by Crippen LogP contribution is -2.33. The van der Waals surface area contributed by atoms with Crippen molar-refractivity contribution in [3.63, 3.8) is 0 Å². The summed E-state index contributed by atoms with van der Waals surface area (Å²) in [6, 6.07) is 6.03. The average molecular weight is 263 g/mol. The Morgan fingerprint density at radius 3 is 2.37 bits per heavy atom. The molecule has 0 unspecified atom stereocenters. The Balaban J connectivity index is 2.51. The van der Waals surface area contributed by atoms with E-state index in [1.54, 1.807) is 7.11 Å². The number of hydrogen-bond donors (Lipinski definition) is 1. The van der Waals surface area contributed by atoms with Gasteiger partial charge < -0.3 is 15.2 Å². The smallest absolute Gasteiger partial charge is 0.127 e. The van der Waals surface area contributed by atoms with E-state index in [9.17, 15) is 0 Å². The number of rotatable bonds is 5. The third-order valence-corrected chi connectivity index (χ3v) is 4.05. The van der Waals surface area contributed by atoms with Gasteiger partial charge in [0, 0.05) is 17.5 Å². The summed E-state index contributed by atoms with van der Waals surface area (Å²) in [6.45, 7) is 4.75. The summed E-state index contributed by atoms with van der Waals surface area (Å²) in [4.78, 5) is 0. The molecule has 1 aromatic rings. The molecule has 3 nitrogen and oxygen atoms in total. The Morgan fingerprint density at radius 1 is 1.21 bits per heavy atom. The third-order valence-electron chi connectivity index (χ3n) is 4.05. The first-order valence-electron chi connectivity index (χ1n) is 7.17. The number of hydrogen-bond acceptors (Lipinski definition) is 3. The lowest BCUT2D eigenvalue weighted by molar-refractivity contribution is 0.231. The molecule has 1 saturated carbocycles. The lowest BCUT2D eigenvalue weighted by Gasteiger charge is -2.32. The van der Waals surface area contributed by atoms with Crippen LogP contribution in [0.4, 0.5) is 0 Å². The van der Waals surface area contributed by atoms with Gasteiger partial charge in [0.05, 0.1) is 13.2 Å². The van der Waals surface area contributed by atoms with Crippen LogP contribution in [-0.4, -0.2) is 19.8 Å². The van der Waals surface area contributed by atoms with Gasteiger partial charge in [0.1, 0.15) is 11.5 Å². The van der Waals surface area contributed by atoms with Gasteiger partial charge in [-0.1, -0.05) is 18.9 Å². The summed E-state index contributed by atoms with van der Waals surface area (Å²) < 4.78 is 11.6. The quantitative estimate of drug-likeness (QED) is 0.887. The molecule has 0 spiro atoms. The second kappa shape index (κ2) is 5.83. The molecular formula is C16H25NO2. The van der Waals surface area contributed by atoms with Crippen LogP contribution in [0.2, 0.25) is 0 Å². The molecule has 1 aliphatic rings. The van der Waals surface area contributed by atoms with E-state index in [0.29, 0.717) is 6.54 Å². The SMILES string of the molecule is COc1cccc(OC(C)C)c1C1(CN)CCCC1. The van der Waals surface area contributed by atoms with Crippen LogP contribution < -0.4 is 15.2 Å². The predicted octanol–water partition coefficient (Wildman–Crippen LogP) is 3.25. The summed E-state index contributed by atoms with van der Waals surface area (Å²) in [5, 5.41) is 0. The van der Waals surface area contributed by atoms with Crippen LogP contribution in [-0.2, 0) is 5.41 Å². The van der Waals surface area contributed by atoms with Crippen LogP contribution in [0.15, 0.2) is 18.2 Å². The van der Waals surface area contributed by atoms with E-state index < -0.39 is 0 Å². The van der Waals surface area contributed by atoms with Crippen molar-refractivity contribution in [3.05, 3.63) is 23.8 Å². The molecule has 2 rings (SSSR count). The Labute approximate surface area is 116 Å². The maximum Gasteiger partial charge on any atom is 0.127 e. The molecule has 0 heterocycles. The van der Waals surface area contributed by atoms with Gasteiger partial charge in [0.15, 0.2) is 0 Å². The molecule has 2 N–H and O–H groups in total. The summed E-state index contributed by atoms with van der Waals surface area (Å²) in [5.74, 6) is 1.84. The minimum Gasteiger partial charge on any atom is -0.496 e. The predicted molar refractivity (Wildman–Crippen MR) is 78.0 cm³/mol. The van der Waals surface area contributed by atoms with Gasteiger partial charge >= 0.3 is 0 Å². The highest BCUT2D eigenvalue weighted by atomic mass is 16.5. The highest BCUT2D eigenvalue weighted by Gasteiger charge is 2.39. The maximum absolute atomic E-state index is 6.11. The van der Waals surface area contributed by atoms with Crippen molar-refractivity contribution in [3.8, 4) is 11.5 Å². The summed E-state index contributed by atoms with van der Waals surface area (Å²) >= 11 is 0. The Bertz CT molecular complexity index is 423. The molecule has 0 aliphatic heterocycles. The van der Waals surface area contributed by atoms with Gasteiger partial charge in [-0.25, -0.2) is 0 Å². The fourth-order valence-corrected chi connectivity index (χ4v) is 3.16. The van der Waals surface area contributed by atoms with Crippen LogP contribution in [0.25, 0.3) is 0 Å².